The van der Waals surface area contributed by atoms with Gasteiger partial charge in [0.05, 0.1) is 0 Å². The Morgan fingerprint density at radius 2 is 1.60 bits per heavy atom. The van der Waals surface area contributed by atoms with E-state index < -0.39 is 0 Å². The molecule has 0 aromatic heterocycles. The van der Waals surface area contributed by atoms with Crippen molar-refractivity contribution in [3.8, 4) is 0 Å². The van der Waals surface area contributed by atoms with Gasteiger partial charge in [-0.3, -0.25) is 6.08 Å². The van der Waals surface area contributed by atoms with Crippen LogP contribution in [0.15, 0.2) is 30.9 Å². The molecule has 0 saturated heterocycles. The van der Waals surface area contributed by atoms with Gasteiger partial charge in [-0.15, -0.1) is 13.0 Å². The second kappa shape index (κ2) is 46.8. The molecule has 0 fully saturated rings. The Balaban J connectivity index is -0.0000000124. The summed E-state index contributed by atoms with van der Waals surface area (Å²) in [5, 5.41) is 0.896. The monoisotopic (exact) mass is 350 g/mol. The zero-order valence-electron chi connectivity index (χ0n) is 10.8. The first kappa shape index (κ1) is 45.0. The molecule has 0 saturated carbocycles. The predicted molar refractivity (Wildman–Crippen MR) is 77.6 cm³/mol. The van der Waals surface area contributed by atoms with Crippen molar-refractivity contribution in [3.05, 3.63) is 74.1 Å². The predicted octanol–water partition coefficient (Wildman–Crippen LogP) is 5.12. The molecular weight excluding hydrogens is 327 g/mol. The summed E-state index contributed by atoms with van der Waals surface area (Å²) >= 11 is 3.13. The fourth-order valence-corrected chi connectivity index (χ4v) is 0.340. The van der Waals surface area contributed by atoms with Gasteiger partial charge < -0.3 is 37.1 Å². The molecule has 0 radical (unpaired) electrons. The van der Waals surface area contributed by atoms with Gasteiger partial charge in [0.1, 0.15) is 0 Å². The number of allylic oxidation sites excluding steroid dienone is 5. The molecule has 0 heterocycles. The first-order chi connectivity index (χ1) is 4.41. The Kier molecular flexibility index (Phi) is 140. The van der Waals surface area contributed by atoms with Gasteiger partial charge in [0.2, 0.25) is 0 Å². The van der Waals surface area contributed by atoms with E-state index in [1.54, 1.807) is 6.08 Å². The third kappa shape index (κ3) is 53.3. The van der Waals surface area contributed by atoms with Gasteiger partial charge in [0.25, 0.3) is 0 Å². The average molecular weight is 352 g/mol. The molecule has 0 unspecified atom stereocenters. The van der Waals surface area contributed by atoms with E-state index in [0.717, 1.165) is 11.8 Å². The fourth-order valence-electron chi connectivity index (χ4n) is 0.340. The van der Waals surface area contributed by atoms with Crippen LogP contribution in [0.2, 0.25) is 0 Å². The van der Waals surface area contributed by atoms with E-state index in [2.05, 4.69) is 34.7 Å². The maximum atomic E-state index is 3.43. The van der Waals surface area contributed by atoms with Crippen LogP contribution in [0.1, 0.15) is 6.42 Å². The van der Waals surface area contributed by atoms with Crippen LogP contribution in [0.5, 0.6) is 0 Å². The molecule has 1 aliphatic carbocycles. The Morgan fingerprint density at radius 1 is 1.20 bits per heavy atom. The van der Waals surface area contributed by atoms with Crippen molar-refractivity contribution in [1.29, 1.82) is 0 Å². The molecule has 0 bridgehead atoms. The van der Waals surface area contributed by atoms with Crippen molar-refractivity contribution in [2.24, 2.45) is 0 Å². The molecule has 0 aromatic rings. The molecule has 0 nitrogen and oxygen atoms in total. The summed E-state index contributed by atoms with van der Waals surface area (Å²) in [6.45, 7) is 3.43. The van der Waals surface area contributed by atoms with Crippen LogP contribution in [-0.2, 0) is 26.2 Å². The molecule has 0 aliphatic heterocycles. The number of hydrogen-bond donors (Lipinski definition) is 0. The van der Waals surface area contributed by atoms with Crippen molar-refractivity contribution in [1.82, 2.24) is 0 Å². The third-order valence-electron chi connectivity index (χ3n) is 0.695. The van der Waals surface area contributed by atoms with Crippen LogP contribution in [-0.4, -0.2) is 5.33 Å². The number of alkyl halides is 1. The molecule has 0 aromatic carbocycles. The SMILES string of the molecule is C=CCBr.[C-]1=CC=CC1.[CH3-].[CH3-].[CH3-].[CH3-].[CH3-].[Zr]. The Labute approximate surface area is 127 Å². The fraction of sp³-hybridized carbons (Fsp3) is 0.154. The van der Waals surface area contributed by atoms with E-state index in [0.29, 0.717) is 0 Å². The molecule has 15 heavy (non-hydrogen) atoms. The minimum atomic E-state index is 0. The first-order valence-electron chi connectivity index (χ1n) is 2.80. The van der Waals surface area contributed by atoms with Crippen molar-refractivity contribution < 1.29 is 26.2 Å². The average Bonchev–Trinajstić information content (AvgIpc) is 2.43. The second-order valence-corrected chi connectivity index (χ2v) is 2.09. The van der Waals surface area contributed by atoms with E-state index in [-0.39, 0.29) is 63.3 Å². The standard InChI is InChI=1S/C5H5.C3H5Br.5CH3.Zr/c1-2-4-5-3-1;1-2-3-4;;;;;;/h1-3H,4H2;2H,1,3H2;5*1H3;/q-1;;5*-1;. The summed E-state index contributed by atoms with van der Waals surface area (Å²) in [5.74, 6) is 0. The van der Waals surface area contributed by atoms with Crippen LogP contribution in [0, 0.1) is 43.2 Å². The van der Waals surface area contributed by atoms with Crippen LogP contribution in [0.3, 0.4) is 0 Å². The maximum absolute atomic E-state index is 3.43. The maximum Gasteiger partial charge on any atom is 0.0209 e. The second-order valence-electron chi connectivity index (χ2n) is 1.45. The number of halogens is 1. The smallest absolute Gasteiger partial charge is 0.0209 e. The molecule has 0 N–H and O–H groups in total. The summed E-state index contributed by atoms with van der Waals surface area (Å²) in [7, 11) is 0. The summed E-state index contributed by atoms with van der Waals surface area (Å²) in [6, 6.07) is 0. The minimum Gasteiger partial charge on any atom is -0.358 e. The molecule has 2 heteroatoms. The normalized spacial score (nSPS) is 7.53. The quantitative estimate of drug-likeness (QED) is 0.349. The van der Waals surface area contributed by atoms with E-state index in [1.165, 1.54) is 0 Å². The van der Waals surface area contributed by atoms with Gasteiger partial charge in [0.15, 0.2) is 0 Å². The third-order valence-corrected chi connectivity index (χ3v) is 1.15. The van der Waals surface area contributed by atoms with Gasteiger partial charge in [-0.2, -0.15) is 6.08 Å². The zero-order valence-corrected chi connectivity index (χ0v) is 14.9. The van der Waals surface area contributed by atoms with E-state index in [9.17, 15) is 0 Å². The number of rotatable bonds is 1. The van der Waals surface area contributed by atoms with Crippen LogP contribution < -0.4 is 0 Å². The summed E-state index contributed by atoms with van der Waals surface area (Å²) in [6.07, 6.45) is 11.8. The summed E-state index contributed by atoms with van der Waals surface area (Å²) in [4.78, 5) is 0. The minimum absolute atomic E-state index is 0. The van der Waals surface area contributed by atoms with Crippen molar-refractivity contribution in [2.75, 3.05) is 5.33 Å². The van der Waals surface area contributed by atoms with Gasteiger partial charge in [-0.25, -0.2) is 12.2 Å². The van der Waals surface area contributed by atoms with E-state index >= 15 is 0 Å². The van der Waals surface area contributed by atoms with Gasteiger partial charge in [-0.1, -0.05) is 22.0 Å². The Morgan fingerprint density at radius 3 is 1.67 bits per heavy atom. The molecule has 0 spiro atoms. The Bertz CT molecular complexity index is 108. The molecule has 0 amide bonds. The molecular formula is C13H25BrZr-6. The Hall–Kier alpha value is 0.583. The van der Waals surface area contributed by atoms with E-state index in [1.807, 2.05) is 12.2 Å². The van der Waals surface area contributed by atoms with Gasteiger partial charge in [0, 0.05) is 31.5 Å². The van der Waals surface area contributed by atoms with Gasteiger partial charge >= 0.3 is 0 Å². The van der Waals surface area contributed by atoms with Crippen molar-refractivity contribution in [2.45, 2.75) is 6.42 Å². The first-order valence-corrected chi connectivity index (χ1v) is 3.92. The van der Waals surface area contributed by atoms with Crippen LogP contribution >= 0.6 is 15.9 Å². The molecule has 94 valence electrons. The van der Waals surface area contributed by atoms with Gasteiger partial charge in [-0.05, 0) is 0 Å². The molecule has 1 aliphatic rings. The summed E-state index contributed by atoms with van der Waals surface area (Å²) in [5.41, 5.74) is 0. The molecule has 1 rings (SSSR count). The van der Waals surface area contributed by atoms with Crippen molar-refractivity contribution >= 4 is 15.9 Å². The molecule has 0 atom stereocenters. The largest absolute Gasteiger partial charge is 0.358 e. The zero-order chi connectivity index (χ0) is 6.95. The summed E-state index contributed by atoms with van der Waals surface area (Å²) < 4.78 is 0. The van der Waals surface area contributed by atoms with Crippen LogP contribution in [0.25, 0.3) is 0 Å². The topological polar surface area (TPSA) is 0 Å². The number of hydrogen-bond acceptors (Lipinski definition) is 0. The van der Waals surface area contributed by atoms with Crippen molar-refractivity contribution in [3.63, 3.8) is 0 Å². The van der Waals surface area contributed by atoms with Crippen LogP contribution in [0.4, 0.5) is 0 Å². The van der Waals surface area contributed by atoms with E-state index in [4.69, 9.17) is 0 Å².